The molecule has 1 N–H and O–H groups in total. The Hall–Kier alpha value is -1.69. The minimum absolute atomic E-state index is 0.789. The van der Waals surface area contributed by atoms with Gasteiger partial charge in [0.05, 0.1) is 18.1 Å². The van der Waals surface area contributed by atoms with Gasteiger partial charge in [-0.2, -0.15) is 5.10 Å². The number of rotatable bonds is 7. The summed E-state index contributed by atoms with van der Waals surface area (Å²) in [5.74, 6) is 1.71. The second-order valence-corrected chi connectivity index (χ2v) is 5.02. The molecule has 0 saturated carbocycles. The molecule has 0 saturated heterocycles. The summed E-state index contributed by atoms with van der Waals surface area (Å²) in [5, 5.41) is 8.36. The van der Waals surface area contributed by atoms with E-state index in [2.05, 4.69) is 39.1 Å². The molecule has 110 valence electrons. The van der Waals surface area contributed by atoms with Crippen molar-refractivity contribution in [2.75, 3.05) is 25.5 Å². The molecular formula is C14H24N6. The van der Waals surface area contributed by atoms with Gasteiger partial charge in [-0.3, -0.25) is 9.58 Å². The fourth-order valence-electron chi connectivity index (χ4n) is 2.43. The minimum Gasteiger partial charge on any atom is -0.372 e. The van der Waals surface area contributed by atoms with Gasteiger partial charge in [-0.1, -0.05) is 13.8 Å². The lowest BCUT2D eigenvalue weighted by molar-refractivity contribution is 0.260. The summed E-state index contributed by atoms with van der Waals surface area (Å²) in [6, 6.07) is 0. The average Bonchev–Trinajstić information content (AvgIpc) is 2.80. The minimum atomic E-state index is 0.789. The summed E-state index contributed by atoms with van der Waals surface area (Å²) in [4.78, 5) is 11.7. The Kier molecular flexibility index (Phi) is 4.89. The van der Waals surface area contributed by atoms with Crippen molar-refractivity contribution in [3.8, 4) is 0 Å². The molecule has 0 aromatic carbocycles. The predicted molar refractivity (Wildman–Crippen MR) is 81.7 cm³/mol. The van der Waals surface area contributed by atoms with E-state index < -0.39 is 0 Å². The molecule has 6 heteroatoms. The topological polar surface area (TPSA) is 58.9 Å². The second-order valence-electron chi connectivity index (χ2n) is 5.02. The van der Waals surface area contributed by atoms with Crippen molar-refractivity contribution >= 4 is 16.9 Å². The van der Waals surface area contributed by atoms with Gasteiger partial charge in [0.15, 0.2) is 5.65 Å². The molecular weight excluding hydrogens is 252 g/mol. The van der Waals surface area contributed by atoms with Gasteiger partial charge in [0.2, 0.25) is 0 Å². The van der Waals surface area contributed by atoms with E-state index in [1.165, 1.54) is 0 Å². The fraction of sp³-hybridized carbons (Fsp3) is 0.643. The molecule has 0 aliphatic carbocycles. The number of fused-ring (bicyclic) bond motifs is 1. The Morgan fingerprint density at radius 2 is 1.90 bits per heavy atom. The van der Waals surface area contributed by atoms with Crippen molar-refractivity contribution in [3.63, 3.8) is 0 Å². The summed E-state index contributed by atoms with van der Waals surface area (Å²) in [7, 11) is 3.79. The van der Waals surface area contributed by atoms with Gasteiger partial charge in [0.1, 0.15) is 11.6 Å². The summed E-state index contributed by atoms with van der Waals surface area (Å²) in [6.45, 7) is 7.35. The zero-order valence-corrected chi connectivity index (χ0v) is 12.8. The number of nitrogens with one attached hydrogen (secondary N) is 1. The average molecular weight is 276 g/mol. The van der Waals surface area contributed by atoms with E-state index in [-0.39, 0.29) is 0 Å². The summed E-state index contributed by atoms with van der Waals surface area (Å²) >= 11 is 0. The maximum absolute atomic E-state index is 4.66. The van der Waals surface area contributed by atoms with Crippen molar-refractivity contribution in [2.24, 2.45) is 7.05 Å². The Balaban J connectivity index is 2.31. The lowest BCUT2D eigenvalue weighted by Crippen LogP contribution is -2.26. The van der Waals surface area contributed by atoms with E-state index in [1.807, 2.05) is 14.1 Å². The van der Waals surface area contributed by atoms with Crippen LogP contribution < -0.4 is 5.32 Å². The fourth-order valence-corrected chi connectivity index (χ4v) is 2.43. The number of aromatic nitrogens is 4. The van der Waals surface area contributed by atoms with Crippen molar-refractivity contribution in [3.05, 3.63) is 12.0 Å². The molecule has 0 spiro atoms. The summed E-state index contributed by atoms with van der Waals surface area (Å²) in [5.41, 5.74) is 0.882. The quantitative estimate of drug-likeness (QED) is 0.838. The van der Waals surface area contributed by atoms with Crippen LogP contribution in [0.4, 0.5) is 5.82 Å². The maximum atomic E-state index is 4.66. The van der Waals surface area contributed by atoms with E-state index in [1.54, 1.807) is 10.9 Å². The first-order chi connectivity index (χ1) is 9.69. The van der Waals surface area contributed by atoms with E-state index >= 15 is 0 Å². The first kappa shape index (κ1) is 14.7. The van der Waals surface area contributed by atoms with Crippen LogP contribution in [0.15, 0.2) is 6.20 Å². The van der Waals surface area contributed by atoms with Gasteiger partial charge in [-0.15, -0.1) is 0 Å². The van der Waals surface area contributed by atoms with Crippen LogP contribution in [0.1, 0.15) is 32.5 Å². The highest BCUT2D eigenvalue weighted by Crippen LogP contribution is 2.19. The van der Waals surface area contributed by atoms with Crippen molar-refractivity contribution < 1.29 is 0 Å². The van der Waals surface area contributed by atoms with Gasteiger partial charge < -0.3 is 5.32 Å². The van der Waals surface area contributed by atoms with E-state index in [0.29, 0.717) is 0 Å². The molecule has 0 fully saturated rings. The summed E-state index contributed by atoms with van der Waals surface area (Å²) < 4.78 is 1.80. The molecule has 2 aromatic rings. The Bertz CT molecular complexity index is 556. The second kappa shape index (κ2) is 6.65. The van der Waals surface area contributed by atoms with Crippen LogP contribution in [0.3, 0.4) is 0 Å². The standard InChI is InChI=1S/C14H24N6/c1-5-7-20(8-6-2)10-12-17-13(15-3)11-9-16-19(4)14(11)18-12/h9H,5-8,10H2,1-4H3,(H,15,17,18). The zero-order chi connectivity index (χ0) is 14.5. The Labute approximate surface area is 120 Å². The normalized spacial score (nSPS) is 11.4. The third-order valence-corrected chi connectivity index (χ3v) is 3.32. The van der Waals surface area contributed by atoms with Gasteiger partial charge >= 0.3 is 0 Å². The highest BCUT2D eigenvalue weighted by Gasteiger charge is 2.12. The SMILES string of the molecule is CCCN(CCC)Cc1nc(NC)c2cnn(C)c2n1. The van der Waals surface area contributed by atoms with Gasteiger partial charge in [-0.25, -0.2) is 9.97 Å². The third kappa shape index (κ3) is 3.07. The maximum Gasteiger partial charge on any atom is 0.163 e. The van der Waals surface area contributed by atoms with Gasteiger partial charge in [0, 0.05) is 14.1 Å². The molecule has 0 radical (unpaired) electrons. The van der Waals surface area contributed by atoms with E-state index in [0.717, 1.165) is 55.2 Å². The zero-order valence-electron chi connectivity index (χ0n) is 12.8. The van der Waals surface area contributed by atoms with Crippen LogP contribution in [0.25, 0.3) is 11.0 Å². The lowest BCUT2D eigenvalue weighted by atomic mass is 10.3. The molecule has 0 unspecified atom stereocenters. The number of hydrogen-bond acceptors (Lipinski definition) is 5. The van der Waals surface area contributed by atoms with Crippen LogP contribution in [0, 0.1) is 0 Å². The van der Waals surface area contributed by atoms with Crippen LogP contribution in [0.5, 0.6) is 0 Å². The smallest absolute Gasteiger partial charge is 0.163 e. The predicted octanol–water partition coefficient (Wildman–Crippen LogP) is 2.03. The highest BCUT2D eigenvalue weighted by atomic mass is 15.3. The number of nitrogens with zero attached hydrogens (tertiary/aromatic N) is 5. The Morgan fingerprint density at radius 1 is 1.20 bits per heavy atom. The molecule has 2 heterocycles. The van der Waals surface area contributed by atoms with Gasteiger partial charge in [0.25, 0.3) is 0 Å². The number of aryl methyl sites for hydroxylation is 1. The van der Waals surface area contributed by atoms with Crippen molar-refractivity contribution in [1.82, 2.24) is 24.6 Å². The first-order valence-corrected chi connectivity index (χ1v) is 7.28. The molecule has 2 aromatic heterocycles. The van der Waals surface area contributed by atoms with Crippen LogP contribution in [0.2, 0.25) is 0 Å². The van der Waals surface area contributed by atoms with Gasteiger partial charge in [-0.05, 0) is 25.9 Å². The molecule has 0 aliphatic rings. The molecule has 0 amide bonds. The number of anilines is 1. The lowest BCUT2D eigenvalue weighted by Gasteiger charge is -2.20. The first-order valence-electron chi connectivity index (χ1n) is 7.28. The molecule has 6 nitrogen and oxygen atoms in total. The third-order valence-electron chi connectivity index (χ3n) is 3.32. The van der Waals surface area contributed by atoms with E-state index in [9.17, 15) is 0 Å². The van der Waals surface area contributed by atoms with Crippen LogP contribution >= 0.6 is 0 Å². The molecule has 0 atom stereocenters. The van der Waals surface area contributed by atoms with Crippen molar-refractivity contribution in [1.29, 1.82) is 0 Å². The highest BCUT2D eigenvalue weighted by molar-refractivity contribution is 5.86. The largest absolute Gasteiger partial charge is 0.372 e. The van der Waals surface area contributed by atoms with Crippen molar-refractivity contribution in [2.45, 2.75) is 33.2 Å². The van der Waals surface area contributed by atoms with Crippen LogP contribution in [-0.4, -0.2) is 44.8 Å². The molecule has 20 heavy (non-hydrogen) atoms. The van der Waals surface area contributed by atoms with E-state index in [4.69, 9.17) is 0 Å². The van der Waals surface area contributed by atoms with Crippen LogP contribution in [-0.2, 0) is 13.6 Å². The molecule has 0 bridgehead atoms. The summed E-state index contributed by atoms with van der Waals surface area (Å²) in [6.07, 6.45) is 4.10. The molecule has 0 aliphatic heterocycles. The monoisotopic (exact) mass is 276 g/mol. The number of hydrogen-bond donors (Lipinski definition) is 1. The Morgan fingerprint density at radius 3 is 2.50 bits per heavy atom. The molecule has 2 rings (SSSR count).